The number of benzene rings is 1. The van der Waals surface area contributed by atoms with Crippen LogP contribution >= 0.6 is 0 Å². The van der Waals surface area contributed by atoms with Crippen molar-refractivity contribution in [2.45, 2.75) is 109 Å². The van der Waals surface area contributed by atoms with Gasteiger partial charge < -0.3 is 19.6 Å². The number of carboxylic acids is 1. The molecule has 2 aromatic rings. The van der Waals surface area contributed by atoms with Crippen molar-refractivity contribution in [1.29, 1.82) is 0 Å². The summed E-state index contributed by atoms with van der Waals surface area (Å²) in [6.45, 7) is 7.63. The van der Waals surface area contributed by atoms with Crippen molar-refractivity contribution in [1.82, 2.24) is 19.9 Å². The molecule has 4 rings (SSSR count). The van der Waals surface area contributed by atoms with Gasteiger partial charge in [-0.15, -0.1) is 0 Å². The van der Waals surface area contributed by atoms with Gasteiger partial charge in [-0.3, -0.25) is 9.80 Å². The molecule has 50 heavy (non-hydrogen) atoms. The Labute approximate surface area is 287 Å². The minimum atomic E-state index is -5.01. The number of hydrogen-bond acceptors (Lipinski definition) is 8. The lowest BCUT2D eigenvalue weighted by molar-refractivity contribution is -0.143. The Morgan fingerprint density at radius 3 is 1.98 bits per heavy atom. The van der Waals surface area contributed by atoms with Gasteiger partial charge in [-0.05, 0) is 66.8 Å². The molecule has 0 radical (unpaired) electrons. The molecule has 1 fully saturated rings. The van der Waals surface area contributed by atoms with Gasteiger partial charge in [0, 0.05) is 69.2 Å². The van der Waals surface area contributed by atoms with E-state index in [-0.39, 0.29) is 55.2 Å². The fourth-order valence-corrected chi connectivity index (χ4v) is 6.48. The second-order valence-corrected chi connectivity index (χ2v) is 13.8. The Morgan fingerprint density at radius 1 is 0.960 bits per heavy atom. The van der Waals surface area contributed by atoms with E-state index in [1.54, 1.807) is 33.4 Å². The maximum atomic E-state index is 13.8. The molecule has 3 heterocycles. The zero-order valence-corrected chi connectivity index (χ0v) is 28.8. The number of aromatic nitrogens is 2. The highest BCUT2D eigenvalue weighted by Gasteiger charge is 2.42. The third kappa shape index (κ3) is 9.77. The zero-order valence-electron chi connectivity index (χ0n) is 28.8. The average molecular weight is 715 g/mol. The first kappa shape index (κ1) is 38.7. The Kier molecular flexibility index (Phi) is 11.9. The highest BCUT2D eigenvalue weighted by atomic mass is 19.4. The number of alkyl halides is 6. The summed E-state index contributed by atoms with van der Waals surface area (Å²) in [6, 6.07) is 0.311. The van der Waals surface area contributed by atoms with Crippen LogP contribution in [0, 0.1) is 5.41 Å². The van der Waals surface area contributed by atoms with Crippen LogP contribution in [0.4, 0.5) is 37.1 Å². The average Bonchev–Trinajstić information content (AvgIpc) is 3.49. The Bertz CT molecular complexity index is 1470. The van der Waals surface area contributed by atoms with Crippen molar-refractivity contribution in [2.75, 3.05) is 25.1 Å². The molecule has 2 aliphatic heterocycles. The Morgan fingerprint density at radius 2 is 1.52 bits per heavy atom. The fraction of sp³-hybridized carbons (Fsp3) is 0.618. The summed E-state index contributed by atoms with van der Waals surface area (Å²) in [4.78, 5) is 37.0. The van der Waals surface area contributed by atoms with Gasteiger partial charge in [0.25, 0.3) is 0 Å². The second-order valence-electron chi connectivity index (χ2n) is 13.8. The van der Waals surface area contributed by atoms with Crippen LogP contribution in [0.3, 0.4) is 0 Å². The first-order valence-corrected chi connectivity index (χ1v) is 16.6. The number of ether oxygens (including phenoxy) is 1. The summed E-state index contributed by atoms with van der Waals surface area (Å²) < 4.78 is 88.5. The lowest BCUT2D eigenvalue weighted by Gasteiger charge is -2.47. The van der Waals surface area contributed by atoms with Gasteiger partial charge in [-0.25, -0.2) is 14.8 Å². The van der Waals surface area contributed by atoms with E-state index in [9.17, 15) is 35.9 Å². The molecular formula is C34H44F6N6O4. The van der Waals surface area contributed by atoms with E-state index in [0.29, 0.717) is 50.8 Å². The van der Waals surface area contributed by atoms with Crippen molar-refractivity contribution in [3.63, 3.8) is 0 Å². The van der Waals surface area contributed by atoms with Crippen LogP contribution in [0.2, 0.25) is 0 Å². The van der Waals surface area contributed by atoms with Gasteiger partial charge in [-0.1, -0.05) is 27.7 Å². The number of likely N-dealkylation sites (N-methyl/N-ethyl adjacent to an activating group) is 1. The van der Waals surface area contributed by atoms with E-state index in [1.165, 1.54) is 0 Å². The number of halogens is 6. The third-order valence-electron chi connectivity index (χ3n) is 9.32. The minimum Gasteiger partial charge on any atom is -0.481 e. The molecule has 1 saturated heterocycles. The van der Waals surface area contributed by atoms with Gasteiger partial charge in [0.05, 0.1) is 17.7 Å². The minimum absolute atomic E-state index is 0.00317. The molecule has 1 N–H and O–H groups in total. The number of hydrogen-bond donors (Lipinski definition) is 1. The summed E-state index contributed by atoms with van der Waals surface area (Å²) >= 11 is 0. The van der Waals surface area contributed by atoms with Crippen LogP contribution in [0.5, 0.6) is 0 Å². The molecule has 0 aliphatic carbocycles. The monoisotopic (exact) mass is 714 g/mol. The smallest absolute Gasteiger partial charge is 0.416 e. The fourth-order valence-electron chi connectivity index (χ4n) is 6.48. The molecule has 276 valence electrons. The van der Waals surface area contributed by atoms with E-state index < -0.39 is 47.0 Å². The standard InChI is InChI=1S/C34H44F6N6O4/c1-6-26-13-28(14-27(7-2)46(26)31(49)50-20-32(3,4)9-8-29(47)48)45(30-41-15-22(16-42-30)23-17-43-44(5)19-23)18-21-10-24(33(35,36)37)12-25(11-21)34(38,39)40/h10-12,15-17,23,26-28H,6-9,13-14,18-20H2,1-5H3,(H,47,48)/t23?,26-,27+,28+. The lowest BCUT2D eigenvalue weighted by atomic mass is 9.87. The molecule has 1 aromatic heterocycles. The van der Waals surface area contributed by atoms with Gasteiger partial charge in [0.2, 0.25) is 5.95 Å². The first-order chi connectivity index (χ1) is 23.3. The number of rotatable bonds is 12. The van der Waals surface area contributed by atoms with Gasteiger partial charge in [0.15, 0.2) is 0 Å². The number of carbonyl (C=O) groups is 2. The largest absolute Gasteiger partial charge is 0.481 e. The number of nitrogens with zero attached hydrogens (tertiary/aromatic N) is 6. The Hall–Kier alpha value is -4.11. The molecule has 2 aliphatic rings. The molecule has 1 aromatic carbocycles. The number of anilines is 1. The molecule has 0 spiro atoms. The normalized spacial score (nSPS) is 21.4. The molecule has 0 saturated carbocycles. The van der Waals surface area contributed by atoms with Crippen molar-refractivity contribution < 1.29 is 45.8 Å². The quantitative estimate of drug-likeness (QED) is 0.224. The Balaban J connectivity index is 1.67. The van der Waals surface area contributed by atoms with Crippen LogP contribution in [0.15, 0.2) is 35.7 Å². The van der Waals surface area contributed by atoms with Crippen LogP contribution in [0.25, 0.3) is 0 Å². The van der Waals surface area contributed by atoms with E-state index in [4.69, 9.17) is 9.84 Å². The highest BCUT2D eigenvalue weighted by molar-refractivity contribution is 5.70. The molecule has 16 heteroatoms. The molecule has 1 amide bonds. The first-order valence-electron chi connectivity index (χ1n) is 16.6. The maximum Gasteiger partial charge on any atom is 0.416 e. The number of piperidine rings is 1. The van der Waals surface area contributed by atoms with E-state index in [2.05, 4.69) is 15.1 Å². The number of hydrazone groups is 1. The molecule has 4 atom stereocenters. The lowest BCUT2D eigenvalue weighted by Crippen LogP contribution is -2.57. The number of likely N-dealkylation sites (tertiary alicyclic amines) is 1. The predicted octanol–water partition coefficient (Wildman–Crippen LogP) is 7.58. The summed E-state index contributed by atoms with van der Waals surface area (Å²) in [5.74, 6) is -0.905. The van der Waals surface area contributed by atoms with Gasteiger partial charge in [-0.2, -0.15) is 31.4 Å². The molecule has 0 bridgehead atoms. The highest BCUT2D eigenvalue weighted by Crippen LogP contribution is 2.38. The SMILES string of the molecule is CC[C@@H]1C[C@H](N(Cc2cc(C(F)(F)F)cc(C(F)(F)F)c2)c2ncc(C3C=NN(C)C3)cn2)C[C@H](CC)N1C(=O)OCC(C)(C)CCC(=O)O. The zero-order chi connectivity index (χ0) is 37.0. The molecule has 10 nitrogen and oxygen atoms in total. The van der Waals surface area contributed by atoms with Crippen molar-refractivity contribution in [2.24, 2.45) is 10.5 Å². The van der Waals surface area contributed by atoms with Crippen LogP contribution in [-0.2, 0) is 28.4 Å². The van der Waals surface area contributed by atoms with Crippen molar-refractivity contribution >= 4 is 24.2 Å². The van der Waals surface area contributed by atoms with E-state index >= 15 is 0 Å². The predicted molar refractivity (Wildman–Crippen MR) is 174 cm³/mol. The summed E-state index contributed by atoms with van der Waals surface area (Å²) in [6.07, 6.45) is -3.80. The number of amides is 1. The van der Waals surface area contributed by atoms with E-state index in [1.807, 2.05) is 34.7 Å². The topological polar surface area (TPSA) is 111 Å². The third-order valence-corrected chi connectivity index (χ3v) is 9.32. The van der Waals surface area contributed by atoms with Crippen molar-refractivity contribution in [3.8, 4) is 0 Å². The molecular weight excluding hydrogens is 670 g/mol. The van der Waals surface area contributed by atoms with E-state index in [0.717, 1.165) is 5.56 Å². The van der Waals surface area contributed by atoms with Crippen molar-refractivity contribution in [3.05, 3.63) is 52.8 Å². The van der Waals surface area contributed by atoms with Crippen LogP contribution in [-0.4, -0.2) is 81.6 Å². The van der Waals surface area contributed by atoms with Gasteiger partial charge in [0.1, 0.15) is 0 Å². The number of aliphatic carboxylic acids is 1. The molecule has 1 unspecified atom stereocenters. The maximum absolute atomic E-state index is 13.8. The summed E-state index contributed by atoms with van der Waals surface area (Å²) in [5, 5.41) is 15.1. The number of carbonyl (C=O) groups excluding carboxylic acids is 1. The van der Waals surface area contributed by atoms with Crippen LogP contribution in [0.1, 0.15) is 94.4 Å². The summed E-state index contributed by atoms with van der Waals surface area (Å²) in [5.41, 5.74) is -2.87. The van der Waals surface area contributed by atoms with Gasteiger partial charge >= 0.3 is 24.4 Å². The number of carboxylic acid groups (broad SMARTS) is 1. The van der Waals surface area contributed by atoms with Crippen LogP contribution < -0.4 is 4.90 Å². The summed E-state index contributed by atoms with van der Waals surface area (Å²) in [7, 11) is 1.81. The second kappa shape index (κ2) is 15.4.